The summed E-state index contributed by atoms with van der Waals surface area (Å²) in [5.41, 5.74) is 1.58. The number of carbonyl (C=O) groups is 3. The zero-order valence-corrected chi connectivity index (χ0v) is 15.1. The fourth-order valence-corrected chi connectivity index (χ4v) is 3.97. The first-order valence-electron chi connectivity index (χ1n) is 9.36. The second kappa shape index (κ2) is 8.30. The van der Waals surface area contributed by atoms with Gasteiger partial charge in [0.1, 0.15) is 5.78 Å². The van der Waals surface area contributed by atoms with E-state index in [1.165, 1.54) is 6.08 Å². The van der Waals surface area contributed by atoms with Crippen LogP contribution in [0.25, 0.3) is 6.08 Å². The van der Waals surface area contributed by atoms with Crippen LogP contribution in [0.4, 0.5) is 5.69 Å². The van der Waals surface area contributed by atoms with Gasteiger partial charge in [-0.25, -0.2) is 4.79 Å². The van der Waals surface area contributed by atoms with E-state index in [4.69, 9.17) is 4.74 Å². The summed E-state index contributed by atoms with van der Waals surface area (Å²) in [5, 5.41) is 2.96. The van der Waals surface area contributed by atoms with Crippen molar-refractivity contribution in [1.82, 2.24) is 0 Å². The van der Waals surface area contributed by atoms with Crippen LogP contribution in [0.15, 0.2) is 30.3 Å². The molecular formula is C21H25NO4. The standard InChI is InChI=1S/C21H25NO4/c1-2-26-19(23)11-8-14-6-9-18(10-7-14)22-21(25)17-12-15-4-3-5-16(13-17)20(15)24/h6-11,15-17H,2-5,12-13H2,1H3,(H,22,25)/b11-8+. The molecule has 2 aliphatic rings. The summed E-state index contributed by atoms with van der Waals surface area (Å²) in [4.78, 5) is 36.1. The third kappa shape index (κ3) is 4.40. The van der Waals surface area contributed by atoms with Gasteiger partial charge < -0.3 is 10.1 Å². The van der Waals surface area contributed by atoms with Crippen LogP contribution in [0.3, 0.4) is 0 Å². The molecule has 2 aliphatic carbocycles. The van der Waals surface area contributed by atoms with Gasteiger partial charge in [0.05, 0.1) is 6.61 Å². The molecule has 138 valence electrons. The van der Waals surface area contributed by atoms with Gasteiger partial charge in [0.25, 0.3) is 0 Å². The molecule has 5 heteroatoms. The first kappa shape index (κ1) is 18.4. The van der Waals surface area contributed by atoms with Gasteiger partial charge in [0, 0.05) is 29.5 Å². The number of benzene rings is 1. The molecule has 1 aromatic rings. The predicted molar refractivity (Wildman–Crippen MR) is 99.3 cm³/mol. The fourth-order valence-electron chi connectivity index (χ4n) is 3.97. The Morgan fingerprint density at radius 2 is 1.81 bits per heavy atom. The quantitative estimate of drug-likeness (QED) is 0.647. The molecule has 0 saturated heterocycles. The molecule has 0 spiro atoms. The van der Waals surface area contributed by atoms with E-state index in [1.807, 2.05) is 24.3 Å². The predicted octanol–water partition coefficient (Wildman–Crippen LogP) is 3.60. The summed E-state index contributed by atoms with van der Waals surface area (Å²) < 4.78 is 4.84. The summed E-state index contributed by atoms with van der Waals surface area (Å²) in [6, 6.07) is 7.31. The molecule has 0 heterocycles. The number of anilines is 1. The number of ketones is 1. The number of amides is 1. The topological polar surface area (TPSA) is 72.5 Å². The van der Waals surface area contributed by atoms with Crippen molar-refractivity contribution in [3.63, 3.8) is 0 Å². The van der Waals surface area contributed by atoms with Crippen molar-refractivity contribution in [3.05, 3.63) is 35.9 Å². The molecule has 2 unspecified atom stereocenters. The zero-order valence-electron chi connectivity index (χ0n) is 15.1. The molecule has 1 N–H and O–H groups in total. The number of hydrogen-bond acceptors (Lipinski definition) is 4. The van der Waals surface area contributed by atoms with Crippen LogP contribution in [-0.4, -0.2) is 24.3 Å². The van der Waals surface area contributed by atoms with Crippen LogP contribution in [0.1, 0.15) is 44.6 Å². The van der Waals surface area contributed by atoms with Crippen molar-refractivity contribution < 1.29 is 19.1 Å². The summed E-state index contributed by atoms with van der Waals surface area (Å²) in [7, 11) is 0. The lowest BCUT2D eigenvalue weighted by Crippen LogP contribution is -2.40. The maximum absolute atomic E-state index is 12.6. The molecule has 2 saturated carbocycles. The maximum atomic E-state index is 12.6. The lowest BCUT2D eigenvalue weighted by molar-refractivity contribution is -0.137. The minimum Gasteiger partial charge on any atom is -0.463 e. The molecule has 1 aromatic carbocycles. The first-order chi connectivity index (χ1) is 12.6. The van der Waals surface area contributed by atoms with Gasteiger partial charge in [-0.2, -0.15) is 0 Å². The van der Waals surface area contributed by atoms with E-state index in [-0.39, 0.29) is 29.6 Å². The van der Waals surface area contributed by atoms with Gasteiger partial charge >= 0.3 is 5.97 Å². The molecule has 1 amide bonds. The Hall–Kier alpha value is -2.43. The third-order valence-corrected chi connectivity index (χ3v) is 5.30. The largest absolute Gasteiger partial charge is 0.463 e. The van der Waals surface area contributed by atoms with Crippen LogP contribution >= 0.6 is 0 Å². The second-order valence-electron chi connectivity index (χ2n) is 7.09. The van der Waals surface area contributed by atoms with E-state index in [9.17, 15) is 14.4 Å². The fraction of sp³-hybridized carbons (Fsp3) is 0.476. The maximum Gasteiger partial charge on any atom is 0.330 e. The Bertz CT molecular complexity index is 691. The van der Waals surface area contributed by atoms with Gasteiger partial charge in [0.15, 0.2) is 0 Å². The monoisotopic (exact) mass is 355 g/mol. The lowest BCUT2D eigenvalue weighted by Gasteiger charge is -2.36. The van der Waals surface area contributed by atoms with Gasteiger partial charge in [-0.15, -0.1) is 0 Å². The number of nitrogens with one attached hydrogen (secondary N) is 1. The molecule has 5 nitrogen and oxygen atoms in total. The van der Waals surface area contributed by atoms with Crippen molar-refractivity contribution >= 4 is 29.4 Å². The van der Waals surface area contributed by atoms with E-state index in [0.717, 1.165) is 30.5 Å². The van der Waals surface area contributed by atoms with Crippen molar-refractivity contribution in [2.24, 2.45) is 17.8 Å². The van der Waals surface area contributed by atoms with Crippen LogP contribution < -0.4 is 5.32 Å². The third-order valence-electron chi connectivity index (χ3n) is 5.30. The smallest absolute Gasteiger partial charge is 0.330 e. The first-order valence-corrected chi connectivity index (χ1v) is 9.36. The minimum absolute atomic E-state index is 0.00390. The van der Waals surface area contributed by atoms with E-state index >= 15 is 0 Å². The van der Waals surface area contributed by atoms with Crippen molar-refractivity contribution in [3.8, 4) is 0 Å². The Balaban J connectivity index is 1.56. The molecule has 2 bridgehead atoms. The normalized spacial score (nSPS) is 25.1. The number of rotatable bonds is 5. The summed E-state index contributed by atoms with van der Waals surface area (Å²) in [6.45, 7) is 2.11. The van der Waals surface area contributed by atoms with Crippen LogP contribution in [0.5, 0.6) is 0 Å². The number of Topliss-reactive ketones (excluding diaryl/α,β-unsaturated/α-hetero) is 1. The van der Waals surface area contributed by atoms with Crippen molar-refractivity contribution in [2.75, 3.05) is 11.9 Å². The molecule has 0 aliphatic heterocycles. The minimum atomic E-state index is -0.373. The second-order valence-corrected chi connectivity index (χ2v) is 7.09. The molecule has 26 heavy (non-hydrogen) atoms. The van der Waals surface area contributed by atoms with E-state index in [2.05, 4.69) is 5.32 Å². The SMILES string of the molecule is CCOC(=O)/C=C/c1ccc(NC(=O)C2CC3CCCC(C2)C3=O)cc1. The van der Waals surface area contributed by atoms with E-state index in [0.29, 0.717) is 25.2 Å². The Kier molecular flexibility index (Phi) is 5.86. The lowest BCUT2D eigenvalue weighted by atomic mass is 9.67. The average molecular weight is 355 g/mol. The highest BCUT2D eigenvalue weighted by molar-refractivity contribution is 5.95. The summed E-state index contributed by atoms with van der Waals surface area (Å²) >= 11 is 0. The highest BCUT2D eigenvalue weighted by Gasteiger charge is 2.41. The van der Waals surface area contributed by atoms with Crippen molar-refractivity contribution in [1.29, 1.82) is 0 Å². The molecule has 0 aromatic heterocycles. The number of fused-ring (bicyclic) bond motifs is 2. The Morgan fingerprint density at radius 1 is 1.15 bits per heavy atom. The average Bonchev–Trinajstić information content (AvgIpc) is 2.61. The molecular weight excluding hydrogens is 330 g/mol. The van der Waals surface area contributed by atoms with Crippen LogP contribution in [0, 0.1) is 17.8 Å². The number of ether oxygens (including phenoxy) is 1. The van der Waals surface area contributed by atoms with Gasteiger partial charge in [0.2, 0.25) is 5.91 Å². The molecule has 3 rings (SSSR count). The Morgan fingerprint density at radius 3 is 2.42 bits per heavy atom. The van der Waals surface area contributed by atoms with Crippen molar-refractivity contribution in [2.45, 2.75) is 39.0 Å². The van der Waals surface area contributed by atoms with Gasteiger partial charge in [-0.05, 0) is 56.4 Å². The summed E-state index contributed by atoms with van der Waals surface area (Å²) in [5.74, 6) is 0.0817. The zero-order chi connectivity index (χ0) is 18.5. The number of hydrogen-bond donors (Lipinski definition) is 1. The van der Waals surface area contributed by atoms with E-state index < -0.39 is 0 Å². The van der Waals surface area contributed by atoms with Crippen LogP contribution in [0.2, 0.25) is 0 Å². The molecule has 2 atom stereocenters. The Labute approximate surface area is 153 Å². The highest BCUT2D eigenvalue weighted by atomic mass is 16.5. The summed E-state index contributed by atoms with van der Waals surface area (Å²) in [6.07, 6.45) is 7.40. The number of carbonyl (C=O) groups excluding carboxylic acids is 3. The number of esters is 1. The molecule has 0 radical (unpaired) electrons. The van der Waals surface area contributed by atoms with Gasteiger partial charge in [-0.3, -0.25) is 9.59 Å². The van der Waals surface area contributed by atoms with Crippen LogP contribution in [-0.2, 0) is 19.1 Å². The molecule has 2 fully saturated rings. The van der Waals surface area contributed by atoms with Gasteiger partial charge in [-0.1, -0.05) is 18.6 Å². The highest BCUT2D eigenvalue weighted by Crippen LogP contribution is 2.40. The van der Waals surface area contributed by atoms with E-state index in [1.54, 1.807) is 13.0 Å².